The summed E-state index contributed by atoms with van der Waals surface area (Å²) in [4.78, 5) is 14.9. The molecule has 2 unspecified atom stereocenters. The van der Waals surface area contributed by atoms with Crippen molar-refractivity contribution >= 4 is 5.97 Å². The highest BCUT2D eigenvalue weighted by Crippen LogP contribution is 2.46. The molecule has 1 heterocycles. The fourth-order valence-corrected chi connectivity index (χ4v) is 1.56. The zero-order valence-corrected chi connectivity index (χ0v) is 7.69. The fraction of sp³-hybridized carbons (Fsp3) is 0.556. The predicted octanol–water partition coefficient (Wildman–Crippen LogP) is 0.917. The summed E-state index contributed by atoms with van der Waals surface area (Å²) in [5.41, 5.74) is 0.924. The first-order valence-electron chi connectivity index (χ1n) is 4.32. The van der Waals surface area contributed by atoms with Crippen LogP contribution in [0.3, 0.4) is 0 Å². The van der Waals surface area contributed by atoms with E-state index in [4.69, 9.17) is 5.11 Å². The van der Waals surface area contributed by atoms with Gasteiger partial charge in [-0.15, -0.1) is 0 Å². The normalized spacial score (nSPS) is 26.0. The maximum Gasteiger partial charge on any atom is 0.307 e. The standard InChI is InChI=1S/C9H12N2O2/c1-5-10-8(4-11(5)2)6-3-7(6)9(12)13/h4,6-7H,3H2,1-2H3,(H,12,13). The van der Waals surface area contributed by atoms with Gasteiger partial charge < -0.3 is 9.67 Å². The molecule has 0 amide bonds. The molecule has 1 aliphatic carbocycles. The smallest absolute Gasteiger partial charge is 0.307 e. The number of rotatable bonds is 2. The van der Waals surface area contributed by atoms with Crippen LogP contribution in [0, 0.1) is 12.8 Å². The highest BCUT2D eigenvalue weighted by atomic mass is 16.4. The van der Waals surface area contributed by atoms with E-state index in [0.29, 0.717) is 0 Å². The van der Waals surface area contributed by atoms with Crippen LogP contribution in [0.4, 0.5) is 0 Å². The molecule has 1 saturated carbocycles. The van der Waals surface area contributed by atoms with E-state index >= 15 is 0 Å². The maximum absolute atomic E-state index is 10.6. The van der Waals surface area contributed by atoms with Gasteiger partial charge >= 0.3 is 5.97 Å². The van der Waals surface area contributed by atoms with Crippen LogP contribution >= 0.6 is 0 Å². The van der Waals surface area contributed by atoms with Crippen LogP contribution < -0.4 is 0 Å². The number of aliphatic carboxylic acids is 1. The Morgan fingerprint density at radius 2 is 2.46 bits per heavy atom. The quantitative estimate of drug-likeness (QED) is 0.736. The number of carbonyl (C=O) groups is 1. The van der Waals surface area contributed by atoms with Crippen molar-refractivity contribution < 1.29 is 9.90 Å². The summed E-state index contributed by atoms with van der Waals surface area (Å²) in [6.07, 6.45) is 2.66. The molecule has 0 spiro atoms. The summed E-state index contributed by atoms with van der Waals surface area (Å²) in [7, 11) is 1.92. The molecule has 0 saturated heterocycles. The van der Waals surface area contributed by atoms with Gasteiger partial charge in [-0.1, -0.05) is 0 Å². The lowest BCUT2D eigenvalue weighted by Crippen LogP contribution is -1.98. The molecule has 1 aliphatic rings. The summed E-state index contributed by atoms with van der Waals surface area (Å²) in [6.45, 7) is 1.92. The predicted molar refractivity (Wildman–Crippen MR) is 46.4 cm³/mol. The highest BCUT2D eigenvalue weighted by Gasteiger charge is 2.45. The second-order valence-electron chi connectivity index (χ2n) is 3.61. The van der Waals surface area contributed by atoms with Gasteiger partial charge in [0, 0.05) is 19.2 Å². The van der Waals surface area contributed by atoms with E-state index in [1.165, 1.54) is 0 Å². The lowest BCUT2D eigenvalue weighted by atomic mass is 10.2. The van der Waals surface area contributed by atoms with Gasteiger partial charge in [0.15, 0.2) is 0 Å². The second-order valence-corrected chi connectivity index (χ2v) is 3.61. The molecule has 0 bridgehead atoms. The molecule has 1 N–H and O–H groups in total. The molecule has 4 heteroatoms. The molecule has 0 aromatic carbocycles. The van der Waals surface area contributed by atoms with Crippen LogP contribution in [-0.2, 0) is 11.8 Å². The number of hydrogen-bond donors (Lipinski definition) is 1. The average molecular weight is 180 g/mol. The molecular weight excluding hydrogens is 168 g/mol. The Labute approximate surface area is 76.2 Å². The molecule has 70 valence electrons. The third-order valence-electron chi connectivity index (χ3n) is 2.61. The maximum atomic E-state index is 10.6. The molecule has 2 rings (SSSR count). The molecule has 1 aromatic rings. The van der Waals surface area contributed by atoms with E-state index in [0.717, 1.165) is 17.9 Å². The highest BCUT2D eigenvalue weighted by molar-refractivity contribution is 5.75. The number of aromatic nitrogens is 2. The largest absolute Gasteiger partial charge is 0.481 e. The lowest BCUT2D eigenvalue weighted by molar-refractivity contribution is -0.138. The molecule has 4 nitrogen and oxygen atoms in total. The third-order valence-corrected chi connectivity index (χ3v) is 2.61. The molecular formula is C9H12N2O2. The third kappa shape index (κ3) is 1.32. The SMILES string of the molecule is Cc1nc(C2CC2C(=O)O)cn1C. The van der Waals surface area contributed by atoms with Crippen LogP contribution in [0.15, 0.2) is 6.20 Å². The topological polar surface area (TPSA) is 55.1 Å². The van der Waals surface area contributed by atoms with E-state index in [9.17, 15) is 4.79 Å². The van der Waals surface area contributed by atoms with E-state index in [1.807, 2.05) is 24.7 Å². The minimum atomic E-state index is -0.701. The van der Waals surface area contributed by atoms with Crippen molar-refractivity contribution in [3.63, 3.8) is 0 Å². The van der Waals surface area contributed by atoms with Gasteiger partial charge in [-0.25, -0.2) is 4.98 Å². The Bertz CT molecular complexity index is 337. The van der Waals surface area contributed by atoms with E-state index < -0.39 is 5.97 Å². The number of carboxylic acids is 1. The lowest BCUT2D eigenvalue weighted by Gasteiger charge is -1.89. The van der Waals surface area contributed by atoms with Crippen LogP contribution in [-0.4, -0.2) is 20.6 Å². The Morgan fingerprint density at radius 1 is 1.77 bits per heavy atom. The van der Waals surface area contributed by atoms with Gasteiger partial charge in [-0.3, -0.25) is 4.79 Å². The number of hydrogen-bond acceptors (Lipinski definition) is 2. The average Bonchev–Trinajstić information content (AvgIpc) is 2.76. The van der Waals surface area contributed by atoms with Gasteiger partial charge in [0.2, 0.25) is 0 Å². The van der Waals surface area contributed by atoms with Crippen molar-refractivity contribution in [3.8, 4) is 0 Å². The summed E-state index contributed by atoms with van der Waals surface area (Å²) in [6, 6.07) is 0. The second kappa shape index (κ2) is 2.58. The molecule has 0 radical (unpaired) electrons. The molecule has 0 aliphatic heterocycles. The summed E-state index contributed by atoms with van der Waals surface area (Å²) >= 11 is 0. The number of nitrogens with zero attached hydrogens (tertiary/aromatic N) is 2. The first-order valence-corrected chi connectivity index (χ1v) is 4.32. The molecule has 1 aromatic heterocycles. The van der Waals surface area contributed by atoms with Crippen LogP contribution in [0.1, 0.15) is 23.9 Å². The molecule has 13 heavy (non-hydrogen) atoms. The summed E-state index contributed by atoms with van der Waals surface area (Å²) in [5.74, 6) is 0.186. The zero-order valence-electron chi connectivity index (χ0n) is 7.69. The molecule has 1 fully saturated rings. The Kier molecular flexibility index (Phi) is 1.65. The Hall–Kier alpha value is -1.32. The van der Waals surface area contributed by atoms with Crippen molar-refractivity contribution in [2.24, 2.45) is 13.0 Å². The van der Waals surface area contributed by atoms with Gasteiger partial charge in [-0.2, -0.15) is 0 Å². The van der Waals surface area contributed by atoms with Crippen molar-refractivity contribution in [1.82, 2.24) is 9.55 Å². The number of aryl methyl sites for hydroxylation is 2. The van der Waals surface area contributed by atoms with Gasteiger partial charge in [0.25, 0.3) is 0 Å². The van der Waals surface area contributed by atoms with Gasteiger partial charge in [0.1, 0.15) is 5.82 Å². The van der Waals surface area contributed by atoms with E-state index in [1.54, 1.807) is 0 Å². The van der Waals surface area contributed by atoms with Gasteiger partial charge in [-0.05, 0) is 13.3 Å². The van der Waals surface area contributed by atoms with Crippen LogP contribution in [0.25, 0.3) is 0 Å². The first kappa shape index (κ1) is 8.29. The summed E-state index contributed by atoms with van der Waals surface area (Å²) in [5, 5.41) is 8.73. The van der Waals surface area contributed by atoms with Crippen LogP contribution in [0.5, 0.6) is 0 Å². The number of carboxylic acid groups (broad SMARTS) is 1. The minimum absolute atomic E-state index is 0.150. The fourth-order valence-electron chi connectivity index (χ4n) is 1.56. The van der Waals surface area contributed by atoms with Crippen molar-refractivity contribution in [1.29, 1.82) is 0 Å². The zero-order chi connectivity index (χ0) is 9.59. The van der Waals surface area contributed by atoms with Gasteiger partial charge in [0.05, 0.1) is 11.6 Å². The first-order chi connectivity index (χ1) is 6.09. The Balaban J connectivity index is 2.16. The van der Waals surface area contributed by atoms with Crippen LogP contribution in [0.2, 0.25) is 0 Å². The van der Waals surface area contributed by atoms with E-state index in [-0.39, 0.29) is 11.8 Å². The van der Waals surface area contributed by atoms with Crippen molar-refractivity contribution in [2.75, 3.05) is 0 Å². The number of imidazole rings is 1. The Morgan fingerprint density at radius 3 is 2.85 bits per heavy atom. The monoisotopic (exact) mass is 180 g/mol. The van der Waals surface area contributed by atoms with E-state index in [2.05, 4.69) is 4.98 Å². The summed E-state index contributed by atoms with van der Waals surface area (Å²) < 4.78 is 1.92. The minimum Gasteiger partial charge on any atom is -0.481 e. The molecule has 2 atom stereocenters. The van der Waals surface area contributed by atoms with Crippen molar-refractivity contribution in [3.05, 3.63) is 17.7 Å². The van der Waals surface area contributed by atoms with Crippen molar-refractivity contribution in [2.45, 2.75) is 19.3 Å².